The lowest BCUT2D eigenvalue weighted by Gasteiger charge is -2.26. The molecule has 0 spiro atoms. The zero-order chi connectivity index (χ0) is 15.8. The van der Waals surface area contributed by atoms with Crippen molar-refractivity contribution in [3.63, 3.8) is 0 Å². The van der Waals surface area contributed by atoms with Crippen molar-refractivity contribution in [3.05, 3.63) is 39.7 Å². The summed E-state index contributed by atoms with van der Waals surface area (Å²) in [4.78, 5) is 12.3. The molecule has 1 aliphatic heterocycles. The van der Waals surface area contributed by atoms with Gasteiger partial charge in [0.1, 0.15) is 0 Å². The minimum atomic E-state index is -0.230. The van der Waals surface area contributed by atoms with Crippen molar-refractivity contribution < 1.29 is 4.39 Å². The van der Waals surface area contributed by atoms with E-state index in [9.17, 15) is 4.39 Å². The van der Waals surface area contributed by atoms with Gasteiger partial charge in [0, 0.05) is 36.2 Å². The van der Waals surface area contributed by atoms with E-state index in [4.69, 9.17) is 0 Å². The van der Waals surface area contributed by atoms with Gasteiger partial charge < -0.3 is 10.2 Å². The molecule has 0 unspecified atom stereocenters. The number of pyridine rings is 1. The predicted octanol–water partition coefficient (Wildman–Crippen LogP) is 3.23. The Morgan fingerprint density at radius 2 is 2.30 bits per heavy atom. The first-order valence-corrected chi connectivity index (χ1v) is 9.10. The molecule has 1 N–H and O–H groups in total. The molecule has 0 aromatic carbocycles. The lowest BCUT2D eigenvalue weighted by Crippen LogP contribution is -2.36. The van der Waals surface area contributed by atoms with E-state index in [2.05, 4.69) is 27.1 Å². The van der Waals surface area contributed by atoms with E-state index in [1.54, 1.807) is 12.3 Å². The first-order chi connectivity index (χ1) is 11.2. The van der Waals surface area contributed by atoms with Gasteiger partial charge in [-0.1, -0.05) is 0 Å². The van der Waals surface area contributed by atoms with Gasteiger partial charge in [-0.2, -0.15) is 0 Å². The highest BCUT2D eigenvalue weighted by atomic mass is 32.1. The predicted molar refractivity (Wildman–Crippen MR) is 90.5 cm³/mol. The molecule has 3 heterocycles. The van der Waals surface area contributed by atoms with Gasteiger partial charge in [0.15, 0.2) is 11.6 Å². The van der Waals surface area contributed by atoms with Crippen LogP contribution >= 0.6 is 11.3 Å². The molecule has 2 atom stereocenters. The molecular formula is C17H21FN4S. The molecule has 23 heavy (non-hydrogen) atoms. The summed E-state index contributed by atoms with van der Waals surface area (Å²) in [6.07, 6.45) is 6.16. The van der Waals surface area contributed by atoms with Crippen LogP contribution in [0.2, 0.25) is 0 Å². The molecule has 122 valence electrons. The smallest absolute Gasteiger partial charge is 0.165 e. The van der Waals surface area contributed by atoms with Crippen LogP contribution < -0.4 is 10.2 Å². The summed E-state index contributed by atoms with van der Waals surface area (Å²) < 4.78 is 13.9. The second-order valence-corrected chi connectivity index (χ2v) is 7.63. The van der Waals surface area contributed by atoms with Gasteiger partial charge in [0.2, 0.25) is 0 Å². The van der Waals surface area contributed by atoms with Crippen LogP contribution in [0.4, 0.5) is 10.2 Å². The Labute approximate surface area is 139 Å². The minimum Gasteiger partial charge on any atom is -0.353 e. The number of anilines is 1. The van der Waals surface area contributed by atoms with Crippen LogP contribution in [0.1, 0.15) is 40.9 Å². The fourth-order valence-corrected chi connectivity index (χ4v) is 4.75. The highest BCUT2D eigenvalue weighted by Crippen LogP contribution is 2.35. The van der Waals surface area contributed by atoms with Crippen molar-refractivity contribution >= 4 is 17.2 Å². The molecule has 0 radical (unpaired) electrons. The molecule has 1 aliphatic carbocycles. The van der Waals surface area contributed by atoms with E-state index in [0.717, 1.165) is 30.9 Å². The lowest BCUT2D eigenvalue weighted by atomic mass is 9.97. The largest absolute Gasteiger partial charge is 0.353 e. The maximum atomic E-state index is 13.9. The van der Waals surface area contributed by atoms with Gasteiger partial charge in [0.05, 0.1) is 10.7 Å². The van der Waals surface area contributed by atoms with Crippen LogP contribution in [0.15, 0.2) is 18.3 Å². The van der Waals surface area contributed by atoms with E-state index in [1.807, 2.05) is 11.3 Å². The minimum absolute atomic E-state index is 0.230. The number of hydrogen-bond donors (Lipinski definition) is 1. The average Bonchev–Trinajstić information content (AvgIpc) is 3.14. The number of rotatable bonds is 3. The Bertz CT molecular complexity index is 702. The Kier molecular flexibility index (Phi) is 4.03. The van der Waals surface area contributed by atoms with Gasteiger partial charge in [-0.3, -0.25) is 0 Å². The maximum absolute atomic E-state index is 13.9. The Morgan fingerprint density at radius 3 is 3.17 bits per heavy atom. The number of aromatic nitrogens is 2. The first-order valence-electron chi connectivity index (χ1n) is 8.28. The van der Waals surface area contributed by atoms with E-state index >= 15 is 0 Å². The second-order valence-electron chi connectivity index (χ2n) is 6.40. The third kappa shape index (κ3) is 2.97. The summed E-state index contributed by atoms with van der Waals surface area (Å²) in [5.74, 6) is 0.251. The van der Waals surface area contributed by atoms with Crippen LogP contribution in [0.3, 0.4) is 0 Å². The van der Waals surface area contributed by atoms with Crippen molar-refractivity contribution in [1.29, 1.82) is 0 Å². The maximum Gasteiger partial charge on any atom is 0.165 e. The molecule has 2 aromatic rings. The topological polar surface area (TPSA) is 41.1 Å². The standard InChI is InChI=1S/C17H21FN4S/c1-11-20-14-5-2-6-15(16(14)23-11)21-12-7-9-22(10-12)17-13(18)4-3-8-19-17/h3-4,8,12,15,21H,2,5-7,9-10H2,1H3/t12-,15-/m0/s1. The number of hydrogen-bond acceptors (Lipinski definition) is 5. The third-order valence-electron chi connectivity index (χ3n) is 4.72. The molecule has 6 heteroatoms. The van der Waals surface area contributed by atoms with Crippen LogP contribution in [-0.2, 0) is 6.42 Å². The molecule has 0 amide bonds. The molecule has 4 nitrogen and oxygen atoms in total. The van der Waals surface area contributed by atoms with Gasteiger partial charge in [-0.05, 0) is 44.7 Å². The molecule has 2 aromatic heterocycles. The van der Waals surface area contributed by atoms with Crippen LogP contribution in [-0.4, -0.2) is 29.1 Å². The fraction of sp³-hybridized carbons (Fsp3) is 0.529. The number of thiazole rings is 1. The number of nitrogens with one attached hydrogen (secondary N) is 1. The summed E-state index contributed by atoms with van der Waals surface area (Å²) >= 11 is 1.82. The SMILES string of the molecule is Cc1nc2c(s1)[C@@H](N[C@H]1CCN(c3ncccc3F)C1)CCC2. The van der Waals surface area contributed by atoms with E-state index in [-0.39, 0.29) is 5.82 Å². The highest BCUT2D eigenvalue weighted by Gasteiger charge is 2.30. The molecule has 2 aliphatic rings. The number of aryl methyl sites for hydroxylation is 2. The summed E-state index contributed by atoms with van der Waals surface area (Å²) in [7, 11) is 0. The molecular weight excluding hydrogens is 311 g/mol. The first kappa shape index (κ1) is 15.0. The van der Waals surface area contributed by atoms with E-state index in [0.29, 0.717) is 17.9 Å². The summed E-state index contributed by atoms with van der Waals surface area (Å²) in [5, 5.41) is 4.94. The summed E-state index contributed by atoms with van der Waals surface area (Å²) in [6.45, 7) is 3.76. The monoisotopic (exact) mass is 332 g/mol. The van der Waals surface area contributed by atoms with Crippen LogP contribution in [0, 0.1) is 12.7 Å². The highest BCUT2D eigenvalue weighted by molar-refractivity contribution is 7.11. The van der Waals surface area contributed by atoms with Gasteiger partial charge >= 0.3 is 0 Å². The molecule has 1 fully saturated rings. The number of nitrogens with zero attached hydrogens (tertiary/aromatic N) is 3. The van der Waals surface area contributed by atoms with Crippen molar-refractivity contribution in [2.24, 2.45) is 0 Å². The van der Waals surface area contributed by atoms with Crippen molar-refractivity contribution in [1.82, 2.24) is 15.3 Å². The van der Waals surface area contributed by atoms with E-state index < -0.39 is 0 Å². The molecule has 4 rings (SSSR count). The second kappa shape index (κ2) is 6.17. The summed E-state index contributed by atoms with van der Waals surface area (Å²) in [6, 6.07) is 3.91. The van der Waals surface area contributed by atoms with Crippen molar-refractivity contribution in [2.75, 3.05) is 18.0 Å². The normalized spacial score (nSPS) is 24.0. The Morgan fingerprint density at radius 1 is 1.39 bits per heavy atom. The molecule has 1 saturated heterocycles. The molecule has 0 saturated carbocycles. The quantitative estimate of drug-likeness (QED) is 0.937. The van der Waals surface area contributed by atoms with Crippen molar-refractivity contribution in [3.8, 4) is 0 Å². The third-order valence-corrected chi connectivity index (χ3v) is 5.85. The van der Waals surface area contributed by atoms with Crippen molar-refractivity contribution in [2.45, 2.75) is 44.7 Å². The van der Waals surface area contributed by atoms with Crippen LogP contribution in [0.5, 0.6) is 0 Å². The Balaban J connectivity index is 1.44. The lowest BCUT2D eigenvalue weighted by molar-refractivity contribution is 0.413. The van der Waals surface area contributed by atoms with Gasteiger partial charge in [-0.25, -0.2) is 14.4 Å². The summed E-state index contributed by atoms with van der Waals surface area (Å²) in [5.41, 5.74) is 1.28. The van der Waals surface area contributed by atoms with E-state index in [1.165, 1.54) is 29.5 Å². The molecule has 0 bridgehead atoms. The average molecular weight is 332 g/mol. The number of halogens is 1. The van der Waals surface area contributed by atoms with Crippen LogP contribution in [0.25, 0.3) is 0 Å². The Hall–Kier alpha value is -1.53. The van der Waals surface area contributed by atoms with Gasteiger partial charge in [0.25, 0.3) is 0 Å². The fourth-order valence-electron chi connectivity index (χ4n) is 3.68. The van der Waals surface area contributed by atoms with Gasteiger partial charge in [-0.15, -0.1) is 11.3 Å². The zero-order valence-corrected chi connectivity index (χ0v) is 14.1. The zero-order valence-electron chi connectivity index (χ0n) is 13.3. The number of fused-ring (bicyclic) bond motifs is 1.